The first kappa shape index (κ1) is 12.8. The SMILES string of the molecule is COc1ccc(CN2CCC(C#N)CC2)cc1F. The molecule has 0 amide bonds. The van der Waals surface area contributed by atoms with Crippen LogP contribution in [0.15, 0.2) is 18.2 Å². The van der Waals surface area contributed by atoms with E-state index in [0.29, 0.717) is 0 Å². The summed E-state index contributed by atoms with van der Waals surface area (Å²) in [5, 5.41) is 8.83. The van der Waals surface area contributed by atoms with Gasteiger partial charge in [-0.05, 0) is 43.6 Å². The maximum absolute atomic E-state index is 13.5. The maximum Gasteiger partial charge on any atom is 0.165 e. The molecule has 0 N–H and O–H groups in total. The van der Waals surface area contributed by atoms with Crippen molar-refractivity contribution in [3.05, 3.63) is 29.6 Å². The van der Waals surface area contributed by atoms with Gasteiger partial charge >= 0.3 is 0 Å². The van der Waals surface area contributed by atoms with Gasteiger partial charge in [0, 0.05) is 12.5 Å². The van der Waals surface area contributed by atoms with Crippen molar-refractivity contribution < 1.29 is 9.13 Å². The second-order valence-electron chi connectivity index (χ2n) is 4.65. The minimum absolute atomic E-state index is 0.189. The summed E-state index contributed by atoms with van der Waals surface area (Å²) in [6, 6.07) is 7.38. The summed E-state index contributed by atoms with van der Waals surface area (Å²) in [5.74, 6) is 0.151. The molecule has 1 saturated heterocycles. The third-order valence-electron chi connectivity index (χ3n) is 3.39. The van der Waals surface area contributed by atoms with Gasteiger partial charge in [0.2, 0.25) is 0 Å². The average Bonchev–Trinajstić information content (AvgIpc) is 2.40. The van der Waals surface area contributed by atoms with Crippen LogP contribution in [0.25, 0.3) is 0 Å². The highest BCUT2D eigenvalue weighted by Gasteiger charge is 2.18. The molecular weight excluding hydrogens is 231 g/mol. The fourth-order valence-electron chi connectivity index (χ4n) is 2.29. The number of methoxy groups -OCH3 is 1. The zero-order chi connectivity index (χ0) is 13.0. The van der Waals surface area contributed by atoms with Crippen molar-refractivity contribution >= 4 is 0 Å². The number of piperidine rings is 1. The largest absolute Gasteiger partial charge is 0.494 e. The van der Waals surface area contributed by atoms with Crippen molar-refractivity contribution in [3.8, 4) is 11.8 Å². The number of hydrogen-bond donors (Lipinski definition) is 0. The molecule has 0 spiro atoms. The number of ether oxygens (including phenoxy) is 1. The molecule has 0 saturated carbocycles. The van der Waals surface area contributed by atoms with Crippen molar-refractivity contribution in [2.75, 3.05) is 20.2 Å². The molecule has 1 aromatic rings. The number of likely N-dealkylation sites (tertiary alicyclic amines) is 1. The lowest BCUT2D eigenvalue weighted by molar-refractivity contribution is 0.198. The van der Waals surface area contributed by atoms with Crippen LogP contribution in [0.4, 0.5) is 4.39 Å². The molecule has 0 aromatic heterocycles. The number of halogens is 1. The summed E-state index contributed by atoms with van der Waals surface area (Å²) >= 11 is 0. The first-order valence-electron chi connectivity index (χ1n) is 6.17. The van der Waals surface area contributed by atoms with Gasteiger partial charge in [-0.15, -0.1) is 0 Å². The molecule has 1 aliphatic heterocycles. The van der Waals surface area contributed by atoms with Gasteiger partial charge in [0.15, 0.2) is 11.6 Å². The van der Waals surface area contributed by atoms with Crippen LogP contribution < -0.4 is 4.74 Å². The molecule has 3 nitrogen and oxygen atoms in total. The Balaban J connectivity index is 1.94. The van der Waals surface area contributed by atoms with Crippen LogP contribution in [-0.4, -0.2) is 25.1 Å². The Labute approximate surface area is 107 Å². The predicted octanol–water partition coefficient (Wildman–Crippen LogP) is 2.57. The van der Waals surface area contributed by atoms with E-state index >= 15 is 0 Å². The summed E-state index contributed by atoms with van der Waals surface area (Å²) < 4.78 is 18.4. The number of nitrogens with zero attached hydrogens (tertiary/aromatic N) is 2. The van der Waals surface area contributed by atoms with Gasteiger partial charge < -0.3 is 4.74 Å². The van der Waals surface area contributed by atoms with Crippen LogP contribution in [0, 0.1) is 23.1 Å². The van der Waals surface area contributed by atoms with Gasteiger partial charge in [0.25, 0.3) is 0 Å². The molecule has 2 rings (SSSR count). The molecule has 1 aromatic carbocycles. The Bertz CT molecular complexity index is 448. The zero-order valence-corrected chi connectivity index (χ0v) is 10.5. The van der Waals surface area contributed by atoms with E-state index in [1.165, 1.54) is 13.2 Å². The van der Waals surface area contributed by atoms with E-state index in [1.54, 1.807) is 6.07 Å². The fourth-order valence-corrected chi connectivity index (χ4v) is 2.29. The minimum Gasteiger partial charge on any atom is -0.494 e. The zero-order valence-electron chi connectivity index (χ0n) is 10.5. The first-order chi connectivity index (χ1) is 8.72. The Kier molecular flexibility index (Phi) is 4.16. The van der Waals surface area contributed by atoms with Gasteiger partial charge in [-0.2, -0.15) is 5.26 Å². The highest BCUT2D eigenvalue weighted by Crippen LogP contribution is 2.21. The minimum atomic E-state index is -0.318. The standard InChI is InChI=1S/C14H17FN2O/c1-18-14-3-2-12(8-13(14)15)10-17-6-4-11(9-16)5-7-17/h2-3,8,11H,4-7,10H2,1H3. The lowest BCUT2D eigenvalue weighted by Crippen LogP contribution is -2.32. The summed E-state index contributed by atoms with van der Waals surface area (Å²) in [6.07, 6.45) is 1.82. The summed E-state index contributed by atoms with van der Waals surface area (Å²) in [7, 11) is 1.46. The van der Waals surface area contributed by atoms with Crippen molar-refractivity contribution in [2.24, 2.45) is 5.92 Å². The second kappa shape index (κ2) is 5.83. The van der Waals surface area contributed by atoms with Crippen LogP contribution in [0.1, 0.15) is 18.4 Å². The molecule has 0 atom stereocenters. The third kappa shape index (κ3) is 2.99. The molecule has 0 aliphatic carbocycles. The van der Waals surface area contributed by atoms with E-state index in [1.807, 2.05) is 6.07 Å². The van der Waals surface area contributed by atoms with Gasteiger partial charge in [0.05, 0.1) is 13.2 Å². The topological polar surface area (TPSA) is 36.3 Å². The molecular formula is C14H17FN2O. The summed E-state index contributed by atoms with van der Waals surface area (Å²) in [4.78, 5) is 2.26. The number of rotatable bonds is 3. The molecule has 1 heterocycles. The molecule has 0 unspecified atom stereocenters. The maximum atomic E-state index is 13.5. The van der Waals surface area contributed by atoms with Gasteiger partial charge in [-0.3, -0.25) is 4.90 Å². The highest BCUT2D eigenvalue weighted by atomic mass is 19.1. The van der Waals surface area contributed by atoms with Gasteiger partial charge in [0.1, 0.15) is 0 Å². The van der Waals surface area contributed by atoms with Crippen molar-refractivity contribution in [3.63, 3.8) is 0 Å². The number of hydrogen-bond acceptors (Lipinski definition) is 3. The van der Waals surface area contributed by atoms with Crippen molar-refractivity contribution in [2.45, 2.75) is 19.4 Å². The van der Waals surface area contributed by atoms with Gasteiger partial charge in [-0.1, -0.05) is 6.07 Å². The average molecular weight is 248 g/mol. The van der Waals surface area contributed by atoms with E-state index in [4.69, 9.17) is 10.00 Å². The first-order valence-corrected chi connectivity index (χ1v) is 6.17. The third-order valence-corrected chi connectivity index (χ3v) is 3.39. The Morgan fingerprint density at radius 1 is 1.44 bits per heavy atom. The number of nitriles is 1. The van der Waals surface area contributed by atoms with Crippen LogP contribution >= 0.6 is 0 Å². The summed E-state index contributed by atoms with van der Waals surface area (Å²) in [6.45, 7) is 2.55. The molecule has 0 radical (unpaired) electrons. The highest BCUT2D eigenvalue weighted by molar-refractivity contribution is 5.29. The smallest absolute Gasteiger partial charge is 0.165 e. The van der Waals surface area contributed by atoms with E-state index < -0.39 is 0 Å². The molecule has 18 heavy (non-hydrogen) atoms. The van der Waals surface area contributed by atoms with Gasteiger partial charge in [-0.25, -0.2) is 4.39 Å². The molecule has 1 fully saturated rings. The Morgan fingerprint density at radius 2 is 2.17 bits per heavy atom. The van der Waals surface area contributed by atoms with Crippen LogP contribution in [0.5, 0.6) is 5.75 Å². The van der Waals surface area contributed by atoms with E-state index in [2.05, 4.69) is 11.0 Å². The molecule has 4 heteroatoms. The van der Waals surface area contributed by atoms with Crippen LogP contribution in [0.3, 0.4) is 0 Å². The Hall–Kier alpha value is -1.60. The normalized spacial score (nSPS) is 17.4. The van der Waals surface area contributed by atoms with E-state index in [0.717, 1.165) is 38.0 Å². The summed E-state index contributed by atoms with van der Waals surface area (Å²) in [5.41, 5.74) is 0.948. The lowest BCUT2D eigenvalue weighted by Gasteiger charge is -2.29. The van der Waals surface area contributed by atoms with Crippen LogP contribution in [-0.2, 0) is 6.54 Å². The van der Waals surface area contributed by atoms with E-state index in [9.17, 15) is 4.39 Å². The fraction of sp³-hybridized carbons (Fsp3) is 0.500. The lowest BCUT2D eigenvalue weighted by atomic mass is 9.98. The predicted molar refractivity (Wildman–Crippen MR) is 66.6 cm³/mol. The Morgan fingerprint density at radius 3 is 2.72 bits per heavy atom. The number of benzene rings is 1. The second-order valence-corrected chi connectivity index (χ2v) is 4.65. The molecule has 0 bridgehead atoms. The quantitative estimate of drug-likeness (QED) is 0.824. The molecule has 1 aliphatic rings. The molecule has 96 valence electrons. The van der Waals surface area contributed by atoms with Crippen molar-refractivity contribution in [1.82, 2.24) is 4.90 Å². The van der Waals surface area contributed by atoms with Crippen LogP contribution in [0.2, 0.25) is 0 Å². The monoisotopic (exact) mass is 248 g/mol. The van der Waals surface area contributed by atoms with E-state index in [-0.39, 0.29) is 17.5 Å². The van der Waals surface area contributed by atoms with Crippen molar-refractivity contribution in [1.29, 1.82) is 5.26 Å².